The molecule has 35 heavy (non-hydrogen) atoms. The smallest absolute Gasteiger partial charge is 0.464 e. The molecule has 3 heterocycles. The highest BCUT2D eigenvalue weighted by molar-refractivity contribution is 6.62. The van der Waals surface area contributed by atoms with Crippen LogP contribution in [0.4, 0.5) is 8.78 Å². The number of pyridine rings is 1. The van der Waals surface area contributed by atoms with Crippen LogP contribution < -0.4 is 5.46 Å². The molecular weight excluding hydrogens is 459 g/mol. The van der Waals surface area contributed by atoms with Crippen LogP contribution in [0.3, 0.4) is 0 Å². The van der Waals surface area contributed by atoms with Gasteiger partial charge >= 0.3 is 13.1 Å². The summed E-state index contributed by atoms with van der Waals surface area (Å²) in [5, 5.41) is 0. The third-order valence-electron chi connectivity index (χ3n) is 6.61. The Labute approximate surface area is 202 Å². The number of rotatable bonds is 7. The van der Waals surface area contributed by atoms with Crippen molar-refractivity contribution in [1.82, 2.24) is 14.5 Å². The first-order chi connectivity index (χ1) is 16.5. The molecule has 1 aliphatic heterocycles. The topological polar surface area (TPSA) is 84.7 Å². The maximum Gasteiger partial charge on any atom is 0.497 e. The number of benzene rings is 1. The molecule has 1 saturated heterocycles. The van der Waals surface area contributed by atoms with Crippen molar-refractivity contribution in [3.8, 4) is 0 Å². The molecule has 0 unspecified atom stereocenters. The van der Waals surface area contributed by atoms with Crippen LogP contribution in [0.25, 0.3) is 11.2 Å². The van der Waals surface area contributed by atoms with Crippen LogP contribution in [0.15, 0.2) is 24.3 Å². The van der Waals surface area contributed by atoms with Crippen molar-refractivity contribution in [1.29, 1.82) is 0 Å². The Kier molecular flexibility index (Phi) is 6.69. The summed E-state index contributed by atoms with van der Waals surface area (Å²) in [6.07, 6.45) is 0.0000320. The van der Waals surface area contributed by atoms with E-state index in [2.05, 4.69) is 9.97 Å². The number of aromatic nitrogens is 3. The van der Waals surface area contributed by atoms with Crippen molar-refractivity contribution in [2.45, 2.75) is 51.9 Å². The monoisotopic (exact) mass is 487 g/mol. The summed E-state index contributed by atoms with van der Waals surface area (Å²) in [7, 11) is 1.80. The second-order valence-corrected chi connectivity index (χ2v) is 9.43. The first-order valence-corrected chi connectivity index (χ1v) is 11.2. The van der Waals surface area contributed by atoms with E-state index in [9.17, 15) is 4.79 Å². The number of ether oxygens (including phenoxy) is 2. The van der Waals surface area contributed by atoms with Crippen molar-refractivity contribution in [2.24, 2.45) is 0 Å². The Morgan fingerprint density at radius 3 is 2.37 bits per heavy atom. The maximum absolute atomic E-state index is 15.2. The fourth-order valence-electron chi connectivity index (χ4n) is 3.88. The Morgan fingerprint density at radius 1 is 1.06 bits per heavy atom. The number of halogens is 2. The van der Waals surface area contributed by atoms with E-state index in [1.807, 2.05) is 27.7 Å². The van der Waals surface area contributed by atoms with Crippen molar-refractivity contribution in [2.75, 3.05) is 20.8 Å². The number of esters is 1. The predicted molar refractivity (Wildman–Crippen MR) is 126 cm³/mol. The van der Waals surface area contributed by atoms with Crippen LogP contribution >= 0.6 is 0 Å². The Morgan fingerprint density at radius 2 is 1.74 bits per heavy atom. The van der Waals surface area contributed by atoms with Gasteiger partial charge in [0.25, 0.3) is 0 Å². The van der Waals surface area contributed by atoms with Gasteiger partial charge in [-0.25, -0.2) is 23.5 Å². The highest BCUT2D eigenvalue weighted by atomic mass is 19.1. The summed E-state index contributed by atoms with van der Waals surface area (Å²) >= 11 is 0. The standard InChI is InChI=1S/C24H28BF2N3O5/c1-23(2)24(3,4)35-25(34-23)15-13-16(26)14(11-17(15)27)12-20-28-18-7-8-19(22(31)33-6)29-21(18)30(20)9-10-32-5/h7-8,11,13H,9-10,12H2,1-6H3. The van der Waals surface area contributed by atoms with Gasteiger partial charge in [-0.1, -0.05) is 0 Å². The van der Waals surface area contributed by atoms with Crippen LogP contribution in [0, 0.1) is 11.6 Å². The molecule has 11 heteroatoms. The zero-order chi connectivity index (χ0) is 25.5. The van der Waals surface area contributed by atoms with Gasteiger partial charge in [0.2, 0.25) is 0 Å². The van der Waals surface area contributed by atoms with Crippen molar-refractivity contribution < 1.29 is 32.4 Å². The SMILES string of the molecule is COCCn1c(Cc2cc(F)c(B3OC(C)(C)C(C)(C)O3)cc2F)nc2ccc(C(=O)OC)nc21. The minimum atomic E-state index is -1.02. The number of carbonyl (C=O) groups is 1. The first kappa shape index (κ1) is 25.2. The molecule has 0 aliphatic carbocycles. The van der Waals surface area contributed by atoms with Crippen LogP contribution in [0.5, 0.6) is 0 Å². The Balaban J connectivity index is 1.69. The molecule has 1 aliphatic rings. The summed E-state index contributed by atoms with van der Waals surface area (Å²) in [6, 6.07) is 5.40. The molecule has 0 bridgehead atoms. The van der Waals surface area contributed by atoms with Crippen LogP contribution in [0.2, 0.25) is 0 Å². The van der Waals surface area contributed by atoms with E-state index in [0.29, 0.717) is 30.1 Å². The van der Waals surface area contributed by atoms with E-state index >= 15 is 8.78 Å². The molecular formula is C24H28BF2N3O5. The van der Waals surface area contributed by atoms with E-state index in [0.717, 1.165) is 12.1 Å². The lowest BCUT2D eigenvalue weighted by Gasteiger charge is -2.32. The number of fused-ring (bicyclic) bond motifs is 1. The van der Waals surface area contributed by atoms with Gasteiger partial charge in [0, 0.05) is 25.5 Å². The number of hydrogen-bond donors (Lipinski definition) is 0. The van der Waals surface area contributed by atoms with Crippen LogP contribution in [-0.2, 0) is 31.7 Å². The highest BCUT2D eigenvalue weighted by Crippen LogP contribution is 2.36. The maximum atomic E-state index is 15.2. The Bertz CT molecular complexity index is 1260. The lowest BCUT2D eigenvalue weighted by Crippen LogP contribution is -2.41. The molecule has 0 spiro atoms. The molecule has 8 nitrogen and oxygen atoms in total. The summed E-state index contributed by atoms with van der Waals surface area (Å²) in [6.45, 7) is 8.08. The van der Waals surface area contributed by atoms with Crippen molar-refractivity contribution in [3.05, 3.63) is 53.0 Å². The molecule has 1 fully saturated rings. The van der Waals surface area contributed by atoms with E-state index < -0.39 is 35.9 Å². The summed E-state index contributed by atoms with van der Waals surface area (Å²) in [4.78, 5) is 20.8. The minimum Gasteiger partial charge on any atom is -0.464 e. The zero-order valence-electron chi connectivity index (χ0n) is 20.6. The van der Waals surface area contributed by atoms with E-state index in [1.54, 1.807) is 17.7 Å². The van der Waals surface area contributed by atoms with Gasteiger partial charge in [0.05, 0.1) is 24.9 Å². The molecule has 0 amide bonds. The van der Waals surface area contributed by atoms with Crippen molar-refractivity contribution in [3.63, 3.8) is 0 Å². The molecule has 1 aromatic carbocycles. The highest BCUT2D eigenvalue weighted by Gasteiger charge is 2.52. The fourth-order valence-corrected chi connectivity index (χ4v) is 3.88. The predicted octanol–water partition coefficient (Wildman–Crippen LogP) is 3.03. The van der Waals surface area contributed by atoms with Gasteiger partial charge in [-0.2, -0.15) is 0 Å². The Hall–Kier alpha value is -2.89. The largest absolute Gasteiger partial charge is 0.497 e. The number of nitrogens with zero attached hydrogens (tertiary/aromatic N) is 3. The average molecular weight is 487 g/mol. The van der Waals surface area contributed by atoms with Crippen molar-refractivity contribution >= 4 is 29.7 Å². The molecule has 2 aromatic heterocycles. The van der Waals surface area contributed by atoms with Gasteiger partial charge < -0.3 is 23.3 Å². The summed E-state index contributed by atoms with van der Waals surface area (Å²) in [5.41, 5.74) is -0.183. The van der Waals surface area contributed by atoms with E-state index in [1.165, 1.54) is 13.2 Å². The molecule has 186 valence electrons. The molecule has 3 aromatic rings. The number of carbonyl (C=O) groups excluding carboxylic acids is 1. The van der Waals surface area contributed by atoms with Gasteiger partial charge in [0.15, 0.2) is 11.3 Å². The van der Waals surface area contributed by atoms with E-state index in [4.69, 9.17) is 18.8 Å². The fraction of sp³-hybridized carbons (Fsp3) is 0.458. The van der Waals surface area contributed by atoms with Crippen LogP contribution in [0.1, 0.15) is 49.6 Å². The summed E-state index contributed by atoms with van der Waals surface area (Å²) < 4.78 is 53.8. The minimum absolute atomic E-state index is 0.0000320. The second kappa shape index (κ2) is 9.29. The normalized spacial score (nSPS) is 16.7. The van der Waals surface area contributed by atoms with Gasteiger partial charge in [0.1, 0.15) is 23.0 Å². The average Bonchev–Trinajstić information content (AvgIpc) is 3.25. The third kappa shape index (κ3) is 4.67. The second-order valence-electron chi connectivity index (χ2n) is 9.43. The molecule has 0 N–H and O–H groups in total. The van der Waals surface area contributed by atoms with Gasteiger partial charge in [-0.3, -0.25) is 0 Å². The van der Waals surface area contributed by atoms with Crippen LogP contribution in [-0.4, -0.2) is 59.7 Å². The van der Waals surface area contributed by atoms with Gasteiger partial charge in [-0.15, -0.1) is 0 Å². The molecule has 4 rings (SSSR count). The zero-order valence-corrected chi connectivity index (χ0v) is 20.6. The number of imidazole rings is 1. The molecule has 0 saturated carbocycles. The molecule has 0 atom stereocenters. The molecule has 0 radical (unpaired) electrons. The summed E-state index contributed by atoms with van der Waals surface area (Å²) in [5.74, 6) is -1.37. The lowest BCUT2D eigenvalue weighted by molar-refractivity contribution is 0.00578. The first-order valence-electron chi connectivity index (χ1n) is 11.2. The number of methoxy groups -OCH3 is 2. The quantitative estimate of drug-likeness (QED) is 0.374. The van der Waals surface area contributed by atoms with E-state index in [-0.39, 0.29) is 23.1 Å². The third-order valence-corrected chi connectivity index (χ3v) is 6.61. The lowest BCUT2D eigenvalue weighted by atomic mass is 9.78. The number of hydrogen-bond acceptors (Lipinski definition) is 7. The van der Waals surface area contributed by atoms with Gasteiger partial charge in [-0.05, 0) is 57.5 Å².